The summed E-state index contributed by atoms with van der Waals surface area (Å²) >= 11 is 0. The highest BCUT2D eigenvalue weighted by atomic mass is 16.6. The largest absolute Gasteiger partial charge is 0.494 e. The fraction of sp³-hybridized carbons (Fsp3) is 0.286. The van der Waals surface area contributed by atoms with Crippen molar-refractivity contribution in [3.8, 4) is 28.6 Å². The summed E-state index contributed by atoms with van der Waals surface area (Å²) in [6, 6.07) is 12.6. The number of hydrogen-bond donors (Lipinski definition) is 0. The monoisotopic (exact) mass is 395 g/mol. The lowest BCUT2D eigenvalue weighted by molar-refractivity contribution is 0.0768. The molecule has 0 radical (unpaired) electrons. The molecule has 1 aromatic heterocycles. The van der Waals surface area contributed by atoms with E-state index in [-0.39, 0.29) is 12.5 Å². The van der Waals surface area contributed by atoms with Crippen LogP contribution in [0.2, 0.25) is 0 Å². The van der Waals surface area contributed by atoms with Crippen molar-refractivity contribution in [2.45, 2.75) is 13.5 Å². The molecule has 0 saturated carbocycles. The first-order chi connectivity index (χ1) is 14.1. The average molecular weight is 395 g/mol. The standard InChI is InChI=1S/C21H21N3O5/c1-3-26-16-7-4-14(5-8-16)20-22-19(29-23-20)13-24(2)21(25)15-6-9-17-18(12-15)28-11-10-27-17/h4-9,12H,3,10-11,13H2,1-2H3. The van der Waals surface area contributed by atoms with Gasteiger partial charge < -0.3 is 23.6 Å². The van der Waals surface area contributed by atoms with Gasteiger partial charge in [-0.1, -0.05) is 5.16 Å². The Morgan fingerprint density at radius 1 is 1.10 bits per heavy atom. The van der Waals surface area contributed by atoms with Crippen LogP contribution < -0.4 is 14.2 Å². The normalized spacial score (nSPS) is 12.5. The fourth-order valence-electron chi connectivity index (χ4n) is 2.97. The zero-order valence-electron chi connectivity index (χ0n) is 16.3. The van der Waals surface area contributed by atoms with Gasteiger partial charge >= 0.3 is 0 Å². The fourth-order valence-corrected chi connectivity index (χ4v) is 2.97. The van der Waals surface area contributed by atoms with Crippen LogP contribution in [0.3, 0.4) is 0 Å². The average Bonchev–Trinajstić information content (AvgIpc) is 3.22. The number of nitrogens with zero attached hydrogens (tertiary/aromatic N) is 3. The highest BCUT2D eigenvalue weighted by molar-refractivity contribution is 5.94. The van der Waals surface area contributed by atoms with Gasteiger partial charge in [-0.05, 0) is 49.4 Å². The number of amides is 1. The van der Waals surface area contributed by atoms with Crippen molar-refractivity contribution in [3.63, 3.8) is 0 Å². The molecule has 2 aromatic carbocycles. The van der Waals surface area contributed by atoms with Crippen LogP contribution in [0.5, 0.6) is 17.2 Å². The highest BCUT2D eigenvalue weighted by Gasteiger charge is 2.19. The number of carbonyl (C=O) groups excluding carboxylic acids is 1. The Morgan fingerprint density at radius 2 is 1.86 bits per heavy atom. The first-order valence-corrected chi connectivity index (χ1v) is 9.35. The summed E-state index contributed by atoms with van der Waals surface area (Å²) in [6.07, 6.45) is 0. The van der Waals surface area contributed by atoms with Crippen LogP contribution in [-0.2, 0) is 6.54 Å². The molecule has 8 nitrogen and oxygen atoms in total. The molecule has 29 heavy (non-hydrogen) atoms. The van der Waals surface area contributed by atoms with Crippen molar-refractivity contribution < 1.29 is 23.5 Å². The minimum atomic E-state index is -0.178. The van der Waals surface area contributed by atoms with E-state index in [1.165, 1.54) is 4.90 Å². The van der Waals surface area contributed by atoms with E-state index < -0.39 is 0 Å². The van der Waals surface area contributed by atoms with Gasteiger partial charge in [-0.2, -0.15) is 4.98 Å². The molecule has 0 unspecified atom stereocenters. The summed E-state index contributed by atoms with van der Waals surface area (Å²) in [6.45, 7) is 3.71. The molecule has 0 atom stereocenters. The third-order valence-corrected chi connectivity index (χ3v) is 4.40. The minimum Gasteiger partial charge on any atom is -0.494 e. The second kappa shape index (κ2) is 8.22. The van der Waals surface area contributed by atoms with Crippen LogP contribution >= 0.6 is 0 Å². The lowest BCUT2D eigenvalue weighted by Gasteiger charge is -2.20. The highest BCUT2D eigenvalue weighted by Crippen LogP contribution is 2.31. The molecule has 3 aromatic rings. The van der Waals surface area contributed by atoms with Crippen molar-refractivity contribution in [1.29, 1.82) is 0 Å². The van der Waals surface area contributed by atoms with E-state index in [1.807, 2.05) is 31.2 Å². The Morgan fingerprint density at radius 3 is 2.62 bits per heavy atom. The van der Waals surface area contributed by atoms with E-state index in [0.29, 0.717) is 48.6 Å². The van der Waals surface area contributed by atoms with E-state index in [4.69, 9.17) is 18.7 Å². The number of hydrogen-bond acceptors (Lipinski definition) is 7. The number of carbonyl (C=O) groups is 1. The minimum absolute atomic E-state index is 0.178. The molecule has 1 amide bonds. The number of benzene rings is 2. The van der Waals surface area contributed by atoms with Crippen LogP contribution in [0.15, 0.2) is 47.0 Å². The number of aromatic nitrogens is 2. The van der Waals surface area contributed by atoms with E-state index in [2.05, 4.69) is 10.1 Å². The second-order valence-electron chi connectivity index (χ2n) is 6.49. The van der Waals surface area contributed by atoms with Gasteiger partial charge in [0.15, 0.2) is 11.5 Å². The van der Waals surface area contributed by atoms with E-state index >= 15 is 0 Å². The molecular weight excluding hydrogens is 374 g/mol. The molecule has 0 bridgehead atoms. The van der Waals surface area contributed by atoms with Gasteiger partial charge in [0.2, 0.25) is 11.7 Å². The van der Waals surface area contributed by atoms with Gasteiger partial charge in [-0.25, -0.2) is 0 Å². The van der Waals surface area contributed by atoms with Gasteiger partial charge in [0.25, 0.3) is 5.91 Å². The molecule has 1 aliphatic heterocycles. The maximum atomic E-state index is 12.7. The second-order valence-corrected chi connectivity index (χ2v) is 6.49. The van der Waals surface area contributed by atoms with Crippen LogP contribution in [0.4, 0.5) is 0 Å². The summed E-state index contributed by atoms with van der Waals surface area (Å²) in [5.41, 5.74) is 1.31. The zero-order valence-corrected chi connectivity index (χ0v) is 16.3. The number of rotatable bonds is 6. The van der Waals surface area contributed by atoms with Crippen molar-refractivity contribution in [3.05, 3.63) is 53.9 Å². The molecule has 0 aliphatic carbocycles. The van der Waals surface area contributed by atoms with Crippen molar-refractivity contribution in [2.24, 2.45) is 0 Å². The Kier molecular flexibility index (Phi) is 5.33. The molecule has 150 valence electrons. The molecule has 0 N–H and O–H groups in total. The predicted octanol–water partition coefficient (Wildman–Crippen LogP) is 3.18. The first kappa shape index (κ1) is 18.8. The first-order valence-electron chi connectivity index (χ1n) is 9.35. The number of ether oxygens (including phenoxy) is 3. The molecule has 0 fully saturated rings. The molecule has 0 saturated heterocycles. The van der Waals surface area contributed by atoms with E-state index in [0.717, 1.165) is 11.3 Å². The van der Waals surface area contributed by atoms with Gasteiger partial charge in [0.1, 0.15) is 19.0 Å². The zero-order chi connectivity index (χ0) is 20.2. The molecule has 1 aliphatic rings. The van der Waals surface area contributed by atoms with Crippen LogP contribution in [0, 0.1) is 0 Å². The predicted molar refractivity (Wildman–Crippen MR) is 104 cm³/mol. The lowest BCUT2D eigenvalue weighted by atomic mass is 10.1. The van der Waals surface area contributed by atoms with Crippen LogP contribution in [0.25, 0.3) is 11.4 Å². The molecule has 0 spiro atoms. The molecular formula is C21H21N3O5. The third-order valence-electron chi connectivity index (χ3n) is 4.40. The van der Waals surface area contributed by atoms with E-state index in [1.54, 1.807) is 25.2 Å². The summed E-state index contributed by atoms with van der Waals surface area (Å²) in [5.74, 6) is 2.64. The molecule has 4 rings (SSSR count). The summed E-state index contributed by atoms with van der Waals surface area (Å²) in [5, 5.41) is 4.00. The van der Waals surface area contributed by atoms with Crippen LogP contribution in [0.1, 0.15) is 23.2 Å². The topological polar surface area (TPSA) is 86.9 Å². The third kappa shape index (κ3) is 4.16. The smallest absolute Gasteiger partial charge is 0.254 e. The maximum absolute atomic E-state index is 12.7. The lowest BCUT2D eigenvalue weighted by Crippen LogP contribution is -2.26. The van der Waals surface area contributed by atoms with Gasteiger partial charge in [0.05, 0.1) is 13.2 Å². The Hall–Kier alpha value is -3.55. The number of fused-ring (bicyclic) bond motifs is 1. The van der Waals surface area contributed by atoms with Crippen LogP contribution in [-0.4, -0.2) is 47.8 Å². The summed E-state index contributed by atoms with van der Waals surface area (Å²) < 4.78 is 21.8. The van der Waals surface area contributed by atoms with Gasteiger partial charge in [0, 0.05) is 18.2 Å². The van der Waals surface area contributed by atoms with Gasteiger partial charge in [-0.15, -0.1) is 0 Å². The van der Waals surface area contributed by atoms with Gasteiger partial charge in [-0.3, -0.25) is 4.79 Å². The summed E-state index contributed by atoms with van der Waals surface area (Å²) in [7, 11) is 1.68. The van der Waals surface area contributed by atoms with Crippen molar-refractivity contribution in [1.82, 2.24) is 15.0 Å². The Labute approximate surface area is 168 Å². The maximum Gasteiger partial charge on any atom is 0.254 e. The quantitative estimate of drug-likeness (QED) is 0.633. The Bertz CT molecular complexity index is 1000. The Balaban J connectivity index is 1.43. The van der Waals surface area contributed by atoms with Crippen molar-refractivity contribution >= 4 is 5.91 Å². The summed E-state index contributed by atoms with van der Waals surface area (Å²) in [4.78, 5) is 18.6. The SMILES string of the molecule is CCOc1ccc(-c2noc(CN(C)C(=O)c3ccc4c(c3)OCCO4)n2)cc1. The molecule has 8 heteroatoms. The molecule has 2 heterocycles. The van der Waals surface area contributed by atoms with Crippen molar-refractivity contribution in [2.75, 3.05) is 26.9 Å². The van der Waals surface area contributed by atoms with E-state index in [9.17, 15) is 4.79 Å².